The highest BCUT2D eigenvalue weighted by Crippen LogP contribution is 2.37. The van der Waals surface area contributed by atoms with Crippen molar-refractivity contribution in [2.24, 2.45) is 5.73 Å². The van der Waals surface area contributed by atoms with Crippen LogP contribution in [-0.4, -0.2) is 15.7 Å². The summed E-state index contributed by atoms with van der Waals surface area (Å²) < 4.78 is 5.30. The average molecular weight is 182 g/mol. The van der Waals surface area contributed by atoms with E-state index in [1.807, 2.05) is 6.92 Å². The van der Waals surface area contributed by atoms with E-state index >= 15 is 0 Å². The maximum absolute atomic E-state index is 5.58. The minimum atomic E-state index is -0.199. The Kier molecular flexibility index (Phi) is 1.76. The molecular weight excluding hydrogens is 168 g/mol. The first-order valence-corrected chi connectivity index (χ1v) is 4.46. The van der Waals surface area contributed by atoms with E-state index in [4.69, 9.17) is 10.2 Å². The zero-order chi connectivity index (χ0) is 9.47. The molecule has 0 aromatic carbocycles. The average Bonchev–Trinajstić information content (AvgIpc) is 2.62. The van der Waals surface area contributed by atoms with E-state index in [9.17, 15) is 0 Å². The van der Waals surface area contributed by atoms with Crippen LogP contribution in [0, 0.1) is 0 Å². The molecular formula is C8H14N4O. The van der Waals surface area contributed by atoms with Gasteiger partial charge in [0.15, 0.2) is 0 Å². The maximum Gasteiger partial charge on any atom is 0.315 e. The Balaban J connectivity index is 2.05. The van der Waals surface area contributed by atoms with Crippen molar-refractivity contribution >= 4 is 6.01 Å². The molecule has 13 heavy (non-hydrogen) atoms. The maximum atomic E-state index is 5.58. The molecule has 1 unspecified atom stereocenters. The largest absolute Gasteiger partial charge is 0.406 e. The molecule has 1 saturated carbocycles. The molecule has 1 atom stereocenters. The summed E-state index contributed by atoms with van der Waals surface area (Å²) in [6, 6.07) is 0.280. The Morgan fingerprint density at radius 1 is 1.54 bits per heavy atom. The van der Waals surface area contributed by atoms with Crippen LogP contribution >= 0.6 is 0 Å². The van der Waals surface area contributed by atoms with Crippen LogP contribution in [0.5, 0.6) is 0 Å². The lowest BCUT2D eigenvalue weighted by molar-refractivity contribution is 0.468. The molecule has 3 N–H and O–H groups in total. The molecule has 1 aliphatic carbocycles. The summed E-state index contributed by atoms with van der Waals surface area (Å²) in [6.45, 7) is 3.94. The summed E-state index contributed by atoms with van der Waals surface area (Å²) in [5, 5.41) is 10.9. The number of nitrogens with two attached hydrogens (primary N) is 1. The minimum absolute atomic E-state index is 0.168. The van der Waals surface area contributed by atoms with Gasteiger partial charge in [-0.25, -0.2) is 0 Å². The van der Waals surface area contributed by atoms with Crippen LogP contribution in [-0.2, 0) is 0 Å². The monoisotopic (exact) mass is 182 g/mol. The number of nitrogens with one attached hydrogen (secondary N) is 1. The molecule has 0 saturated heterocycles. The van der Waals surface area contributed by atoms with E-state index in [1.165, 1.54) is 0 Å². The van der Waals surface area contributed by atoms with Crippen LogP contribution in [0.4, 0.5) is 6.01 Å². The van der Waals surface area contributed by atoms with Crippen molar-refractivity contribution < 1.29 is 4.42 Å². The number of hydrogen-bond acceptors (Lipinski definition) is 5. The van der Waals surface area contributed by atoms with Crippen molar-refractivity contribution in [3.63, 3.8) is 0 Å². The van der Waals surface area contributed by atoms with Crippen LogP contribution in [0.2, 0.25) is 0 Å². The molecule has 72 valence electrons. The first-order valence-electron chi connectivity index (χ1n) is 4.46. The highest BCUT2D eigenvalue weighted by molar-refractivity contribution is 5.28. The Bertz CT molecular complexity index is 303. The Morgan fingerprint density at radius 2 is 2.23 bits per heavy atom. The van der Waals surface area contributed by atoms with Crippen LogP contribution in [0.15, 0.2) is 4.42 Å². The van der Waals surface area contributed by atoms with E-state index in [0.717, 1.165) is 12.8 Å². The smallest absolute Gasteiger partial charge is 0.315 e. The Hall–Kier alpha value is -1.10. The predicted octanol–water partition coefficient (Wildman–Crippen LogP) is 1.05. The second kappa shape index (κ2) is 2.70. The zero-order valence-electron chi connectivity index (χ0n) is 7.87. The number of hydrogen-bond donors (Lipinski definition) is 2. The van der Waals surface area contributed by atoms with Crippen molar-refractivity contribution in [2.75, 3.05) is 5.32 Å². The van der Waals surface area contributed by atoms with Gasteiger partial charge >= 0.3 is 6.01 Å². The Labute approximate surface area is 76.7 Å². The summed E-state index contributed by atoms with van der Waals surface area (Å²) in [5.74, 6) is 0.478. The Morgan fingerprint density at radius 3 is 2.69 bits per heavy atom. The molecule has 0 amide bonds. The van der Waals surface area contributed by atoms with Gasteiger partial charge in [0.05, 0.1) is 6.04 Å². The lowest BCUT2D eigenvalue weighted by atomic mass is 10.3. The van der Waals surface area contributed by atoms with Gasteiger partial charge in [0.1, 0.15) is 0 Å². The summed E-state index contributed by atoms with van der Waals surface area (Å²) >= 11 is 0. The molecule has 0 radical (unpaired) electrons. The molecule has 0 spiro atoms. The molecule has 1 fully saturated rings. The fourth-order valence-corrected chi connectivity index (χ4v) is 1.04. The molecule has 5 nitrogen and oxygen atoms in total. The molecule has 2 rings (SSSR count). The third kappa shape index (κ3) is 1.80. The fourth-order valence-electron chi connectivity index (χ4n) is 1.04. The van der Waals surface area contributed by atoms with Crippen LogP contribution in [0.25, 0.3) is 0 Å². The molecule has 1 aromatic rings. The number of nitrogens with zero attached hydrogens (tertiary/aromatic N) is 2. The second-order valence-corrected chi connectivity index (χ2v) is 3.92. The minimum Gasteiger partial charge on any atom is -0.406 e. The van der Waals surface area contributed by atoms with Gasteiger partial charge in [0.2, 0.25) is 5.89 Å². The summed E-state index contributed by atoms with van der Waals surface area (Å²) in [4.78, 5) is 0. The van der Waals surface area contributed by atoms with Gasteiger partial charge in [-0.05, 0) is 26.7 Å². The van der Waals surface area contributed by atoms with Crippen LogP contribution in [0.1, 0.15) is 38.6 Å². The van der Waals surface area contributed by atoms with Gasteiger partial charge in [-0.15, -0.1) is 5.10 Å². The van der Waals surface area contributed by atoms with E-state index in [0.29, 0.717) is 11.9 Å². The standard InChI is InChI=1S/C8H14N4O/c1-5(9)6-11-12-7(13-6)10-8(2)3-4-8/h5H,3-4,9H2,1-2H3,(H,10,12). The molecule has 1 aliphatic rings. The second-order valence-electron chi connectivity index (χ2n) is 3.92. The van der Waals surface area contributed by atoms with Gasteiger partial charge in [-0.2, -0.15) is 0 Å². The molecule has 1 heterocycles. The number of anilines is 1. The lowest BCUT2D eigenvalue weighted by Crippen LogP contribution is -2.15. The van der Waals surface area contributed by atoms with Gasteiger partial charge in [0.25, 0.3) is 0 Å². The molecule has 1 aromatic heterocycles. The lowest BCUT2D eigenvalue weighted by Gasteiger charge is -2.06. The van der Waals surface area contributed by atoms with Gasteiger partial charge in [-0.3, -0.25) is 0 Å². The SMILES string of the molecule is CC(N)c1nnc(NC2(C)CC2)o1. The number of rotatable bonds is 3. The van der Waals surface area contributed by atoms with Crippen molar-refractivity contribution in [2.45, 2.75) is 38.3 Å². The third-order valence-electron chi connectivity index (χ3n) is 2.24. The molecule has 5 heteroatoms. The summed E-state index contributed by atoms with van der Waals surface area (Å²) in [5.41, 5.74) is 5.75. The molecule has 0 aliphatic heterocycles. The van der Waals surface area contributed by atoms with E-state index < -0.39 is 0 Å². The highest BCUT2D eigenvalue weighted by Gasteiger charge is 2.38. The highest BCUT2D eigenvalue weighted by atomic mass is 16.4. The van der Waals surface area contributed by atoms with E-state index in [1.54, 1.807) is 0 Å². The first-order chi connectivity index (χ1) is 6.09. The van der Waals surface area contributed by atoms with Crippen molar-refractivity contribution in [3.8, 4) is 0 Å². The third-order valence-corrected chi connectivity index (χ3v) is 2.24. The summed E-state index contributed by atoms with van der Waals surface area (Å²) in [7, 11) is 0. The van der Waals surface area contributed by atoms with Gasteiger partial charge in [0, 0.05) is 5.54 Å². The zero-order valence-corrected chi connectivity index (χ0v) is 7.87. The predicted molar refractivity (Wildman–Crippen MR) is 48.2 cm³/mol. The quantitative estimate of drug-likeness (QED) is 0.730. The normalized spacial score (nSPS) is 21.2. The topological polar surface area (TPSA) is 77.0 Å². The van der Waals surface area contributed by atoms with Crippen molar-refractivity contribution in [1.29, 1.82) is 0 Å². The van der Waals surface area contributed by atoms with Crippen molar-refractivity contribution in [1.82, 2.24) is 10.2 Å². The van der Waals surface area contributed by atoms with E-state index in [2.05, 4.69) is 22.4 Å². The van der Waals surface area contributed by atoms with Gasteiger partial charge < -0.3 is 15.5 Å². The fraction of sp³-hybridized carbons (Fsp3) is 0.750. The van der Waals surface area contributed by atoms with Crippen LogP contribution < -0.4 is 11.1 Å². The van der Waals surface area contributed by atoms with Crippen molar-refractivity contribution in [3.05, 3.63) is 5.89 Å². The van der Waals surface area contributed by atoms with E-state index in [-0.39, 0.29) is 11.6 Å². The van der Waals surface area contributed by atoms with Gasteiger partial charge in [-0.1, -0.05) is 5.10 Å². The first kappa shape index (κ1) is 8.50. The number of aromatic nitrogens is 2. The molecule has 0 bridgehead atoms. The van der Waals surface area contributed by atoms with Crippen LogP contribution in [0.3, 0.4) is 0 Å². The summed E-state index contributed by atoms with van der Waals surface area (Å²) in [6.07, 6.45) is 2.31.